The summed E-state index contributed by atoms with van der Waals surface area (Å²) in [6.45, 7) is 8.22. The molecule has 2 aromatic rings. The van der Waals surface area contributed by atoms with E-state index in [0.717, 1.165) is 31.6 Å². The standard InChI is InChI=1S/C15H25N5/c1-5-7-16-15(6-2)13-9-17-20(10-13)11-14-8-12(3)18-19(14)4/h8-10,15-16H,5-7,11H2,1-4H3. The second kappa shape index (κ2) is 6.70. The highest BCUT2D eigenvalue weighted by atomic mass is 15.3. The first-order chi connectivity index (χ1) is 9.63. The average molecular weight is 275 g/mol. The van der Waals surface area contributed by atoms with E-state index in [1.54, 1.807) is 0 Å². The number of aromatic nitrogens is 4. The summed E-state index contributed by atoms with van der Waals surface area (Å²) in [4.78, 5) is 0. The fourth-order valence-electron chi connectivity index (χ4n) is 2.44. The molecule has 0 saturated carbocycles. The van der Waals surface area contributed by atoms with Crippen molar-refractivity contribution in [1.82, 2.24) is 24.9 Å². The van der Waals surface area contributed by atoms with Crippen LogP contribution < -0.4 is 5.32 Å². The average Bonchev–Trinajstić information content (AvgIpc) is 2.99. The number of hydrogen-bond donors (Lipinski definition) is 1. The van der Waals surface area contributed by atoms with E-state index in [1.165, 1.54) is 11.3 Å². The molecule has 0 radical (unpaired) electrons. The maximum absolute atomic E-state index is 4.47. The fraction of sp³-hybridized carbons (Fsp3) is 0.600. The van der Waals surface area contributed by atoms with Crippen molar-refractivity contribution >= 4 is 0 Å². The highest BCUT2D eigenvalue weighted by Crippen LogP contribution is 2.16. The lowest BCUT2D eigenvalue weighted by atomic mass is 10.1. The first kappa shape index (κ1) is 14.8. The van der Waals surface area contributed by atoms with Crippen molar-refractivity contribution in [3.8, 4) is 0 Å². The molecule has 1 atom stereocenters. The number of hydrogen-bond acceptors (Lipinski definition) is 3. The second-order valence-corrected chi connectivity index (χ2v) is 5.29. The topological polar surface area (TPSA) is 47.7 Å². The summed E-state index contributed by atoms with van der Waals surface area (Å²) in [7, 11) is 1.98. The Kier molecular flexibility index (Phi) is 4.95. The van der Waals surface area contributed by atoms with Gasteiger partial charge in [0.25, 0.3) is 0 Å². The molecule has 0 bridgehead atoms. The van der Waals surface area contributed by atoms with Crippen molar-refractivity contribution in [3.63, 3.8) is 0 Å². The molecule has 2 aromatic heterocycles. The van der Waals surface area contributed by atoms with E-state index in [2.05, 4.69) is 41.6 Å². The summed E-state index contributed by atoms with van der Waals surface area (Å²) in [5, 5.41) is 12.4. The highest BCUT2D eigenvalue weighted by molar-refractivity contribution is 5.13. The molecule has 0 fully saturated rings. The van der Waals surface area contributed by atoms with Gasteiger partial charge in [-0.3, -0.25) is 9.36 Å². The van der Waals surface area contributed by atoms with Crippen molar-refractivity contribution in [2.24, 2.45) is 7.05 Å². The van der Waals surface area contributed by atoms with Gasteiger partial charge in [0.2, 0.25) is 0 Å². The van der Waals surface area contributed by atoms with Gasteiger partial charge in [-0.05, 0) is 32.4 Å². The number of aryl methyl sites for hydroxylation is 2. The molecule has 20 heavy (non-hydrogen) atoms. The van der Waals surface area contributed by atoms with Gasteiger partial charge in [0.1, 0.15) is 0 Å². The molecule has 0 saturated heterocycles. The van der Waals surface area contributed by atoms with Crippen molar-refractivity contribution in [3.05, 3.63) is 35.4 Å². The van der Waals surface area contributed by atoms with Gasteiger partial charge in [0.05, 0.1) is 24.1 Å². The van der Waals surface area contributed by atoms with E-state index in [4.69, 9.17) is 0 Å². The summed E-state index contributed by atoms with van der Waals surface area (Å²) in [6.07, 6.45) is 6.34. The van der Waals surface area contributed by atoms with Gasteiger partial charge in [0.15, 0.2) is 0 Å². The fourth-order valence-corrected chi connectivity index (χ4v) is 2.44. The van der Waals surface area contributed by atoms with Crippen LogP contribution in [0.15, 0.2) is 18.5 Å². The van der Waals surface area contributed by atoms with Crippen LogP contribution in [0.5, 0.6) is 0 Å². The largest absolute Gasteiger partial charge is 0.310 e. The maximum Gasteiger partial charge on any atom is 0.0828 e. The lowest BCUT2D eigenvalue weighted by Gasteiger charge is -2.14. The van der Waals surface area contributed by atoms with Crippen LogP contribution in [0.25, 0.3) is 0 Å². The molecular formula is C15H25N5. The van der Waals surface area contributed by atoms with Gasteiger partial charge in [-0.1, -0.05) is 13.8 Å². The second-order valence-electron chi connectivity index (χ2n) is 5.29. The van der Waals surface area contributed by atoms with Gasteiger partial charge in [-0.15, -0.1) is 0 Å². The van der Waals surface area contributed by atoms with E-state index in [9.17, 15) is 0 Å². The zero-order valence-corrected chi connectivity index (χ0v) is 12.9. The first-order valence-electron chi connectivity index (χ1n) is 7.39. The predicted molar refractivity (Wildman–Crippen MR) is 80.6 cm³/mol. The Morgan fingerprint density at radius 2 is 2.15 bits per heavy atom. The Balaban J connectivity index is 2.06. The first-order valence-corrected chi connectivity index (χ1v) is 7.39. The monoisotopic (exact) mass is 275 g/mol. The molecule has 0 aliphatic rings. The van der Waals surface area contributed by atoms with Gasteiger partial charge in [-0.2, -0.15) is 10.2 Å². The van der Waals surface area contributed by atoms with Crippen molar-refractivity contribution in [2.75, 3.05) is 6.54 Å². The lowest BCUT2D eigenvalue weighted by molar-refractivity contribution is 0.517. The molecule has 5 nitrogen and oxygen atoms in total. The molecule has 0 aliphatic heterocycles. The highest BCUT2D eigenvalue weighted by Gasteiger charge is 2.11. The quantitative estimate of drug-likeness (QED) is 0.844. The Labute approximate surface area is 121 Å². The third kappa shape index (κ3) is 3.48. The minimum atomic E-state index is 0.400. The third-order valence-corrected chi connectivity index (χ3v) is 3.53. The van der Waals surface area contributed by atoms with Gasteiger partial charge >= 0.3 is 0 Å². The van der Waals surface area contributed by atoms with Gasteiger partial charge in [-0.25, -0.2) is 0 Å². The van der Waals surface area contributed by atoms with Crippen LogP contribution in [0.1, 0.15) is 49.7 Å². The van der Waals surface area contributed by atoms with Crippen LogP contribution in [-0.2, 0) is 13.6 Å². The summed E-state index contributed by atoms with van der Waals surface area (Å²) in [6, 6.07) is 2.51. The van der Waals surface area contributed by atoms with Crippen LogP contribution in [0.4, 0.5) is 0 Å². The lowest BCUT2D eigenvalue weighted by Crippen LogP contribution is -2.21. The minimum absolute atomic E-state index is 0.400. The molecule has 5 heteroatoms. The Morgan fingerprint density at radius 3 is 2.75 bits per heavy atom. The molecule has 2 rings (SSSR count). The van der Waals surface area contributed by atoms with E-state index in [1.807, 2.05) is 29.5 Å². The van der Waals surface area contributed by atoms with Gasteiger partial charge in [0, 0.05) is 24.8 Å². The van der Waals surface area contributed by atoms with Crippen LogP contribution in [0.2, 0.25) is 0 Å². The van der Waals surface area contributed by atoms with Crippen LogP contribution in [0, 0.1) is 6.92 Å². The van der Waals surface area contributed by atoms with E-state index in [0.29, 0.717) is 6.04 Å². The molecule has 110 valence electrons. The molecule has 2 heterocycles. The van der Waals surface area contributed by atoms with Crippen LogP contribution in [-0.4, -0.2) is 26.1 Å². The predicted octanol–water partition coefficient (Wildman–Crippen LogP) is 2.42. The summed E-state index contributed by atoms with van der Waals surface area (Å²) < 4.78 is 3.91. The Bertz CT molecular complexity index is 540. The number of rotatable bonds is 7. The molecular weight excluding hydrogens is 250 g/mol. The summed E-state index contributed by atoms with van der Waals surface area (Å²) in [5.74, 6) is 0. The molecule has 0 amide bonds. The smallest absolute Gasteiger partial charge is 0.0828 e. The Hall–Kier alpha value is -1.62. The van der Waals surface area contributed by atoms with Crippen LogP contribution in [0.3, 0.4) is 0 Å². The number of nitrogens with zero attached hydrogens (tertiary/aromatic N) is 4. The summed E-state index contributed by atoms with van der Waals surface area (Å²) >= 11 is 0. The zero-order valence-electron chi connectivity index (χ0n) is 12.9. The number of nitrogens with one attached hydrogen (secondary N) is 1. The van der Waals surface area contributed by atoms with E-state index >= 15 is 0 Å². The molecule has 0 spiro atoms. The van der Waals surface area contributed by atoms with Crippen molar-refractivity contribution < 1.29 is 0 Å². The molecule has 0 aromatic carbocycles. The van der Waals surface area contributed by atoms with E-state index < -0.39 is 0 Å². The van der Waals surface area contributed by atoms with Gasteiger partial charge < -0.3 is 5.32 Å². The van der Waals surface area contributed by atoms with E-state index in [-0.39, 0.29) is 0 Å². The SMILES string of the molecule is CCCNC(CC)c1cnn(Cc2cc(C)nn2C)c1. The molecule has 1 N–H and O–H groups in total. The van der Waals surface area contributed by atoms with Crippen molar-refractivity contribution in [1.29, 1.82) is 0 Å². The normalized spacial score (nSPS) is 12.8. The molecule has 0 aliphatic carbocycles. The Morgan fingerprint density at radius 1 is 1.35 bits per heavy atom. The minimum Gasteiger partial charge on any atom is -0.310 e. The third-order valence-electron chi connectivity index (χ3n) is 3.53. The van der Waals surface area contributed by atoms with Crippen LogP contribution >= 0.6 is 0 Å². The summed E-state index contributed by atoms with van der Waals surface area (Å²) in [5.41, 5.74) is 3.48. The molecule has 1 unspecified atom stereocenters. The zero-order chi connectivity index (χ0) is 14.5. The maximum atomic E-state index is 4.47. The van der Waals surface area contributed by atoms with Crippen molar-refractivity contribution in [2.45, 2.75) is 46.2 Å².